The number of anilines is 1. The first-order valence-corrected chi connectivity index (χ1v) is 11.2. The van der Waals surface area contributed by atoms with Crippen LogP contribution in [0.15, 0.2) is 57.7 Å². The fraction of sp³-hybridized carbons (Fsp3) is 0.208. The molecular formula is C24H20N2O6S. The van der Waals surface area contributed by atoms with Crippen LogP contribution >= 0.6 is 11.3 Å². The van der Waals surface area contributed by atoms with Crippen LogP contribution in [0.3, 0.4) is 0 Å². The van der Waals surface area contributed by atoms with Gasteiger partial charge in [-0.1, -0.05) is 5.16 Å². The number of hydrogen-bond acceptors (Lipinski definition) is 8. The predicted molar refractivity (Wildman–Crippen MR) is 121 cm³/mol. The van der Waals surface area contributed by atoms with Crippen LogP contribution in [0.1, 0.15) is 43.5 Å². The average molecular weight is 464 g/mol. The largest absolute Gasteiger partial charge is 0.497 e. The summed E-state index contributed by atoms with van der Waals surface area (Å²) in [6, 6.07) is 12.3. The van der Waals surface area contributed by atoms with E-state index in [9.17, 15) is 9.59 Å². The van der Waals surface area contributed by atoms with Crippen LogP contribution in [0, 0.1) is 0 Å². The lowest BCUT2D eigenvalue weighted by molar-refractivity contribution is 0.0438. The molecule has 0 radical (unpaired) electrons. The molecule has 8 nitrogen and oxygen atoms in total. The Hall–Kier alpha value is -3.85. The van der Waals surface area contributed by atoms with Gasteiger partial charge in [-0.05, 0) is 61.2 Å². The number of nitrogens with zero attached hydrogens (tertiary/aromatic N) is 1. The summed E-state index contributed by atoms with van der Waals surface area (Å²) < 4.78 is 21.2. The number of ether oxygens (including phenoxy) is 2. The number of carbonyl (C=O) groups is 2. The molecule has 1 amide bonds. The summed E-state index contributed by atoms with van der Waals surface area (Å²) in [6.45, 7) is -0.0713. The zero-order valence-corrected chi connectivity index (χ0v) is 18.6. The summed E-state index contributed by atoms with van der Waals surface area (Å²) in [5.74, 6) is 0.423. The Kier molecular flexibility index (Phi) is 5.70. The summed E-state index contributed by atoms with van der Waals surface area (Å²) in [6.07, 6.45) is 4.05. The summed E-state index contributed by atoms with van der Waals surface area (Å²) in [5, 5.41) is 7.32. The molecule has 1 aliphatic rings. The molecule has 33 heavy (non-hydrogen) atoms. The van der Waals surface area contributed by atoms with E-state index in [-0.39, 0.29) is 12.4 Å². The van der Waals surface area contributed by atoms with E-state index in [0.29, 0.717) is 22.0 Å². The van der Waals surface area contributed by atoms with Gasteiger partial charge in [0.2, 0.25) is 0 Å². The average Bonchev–Trinajstić information content (AvgIpc) is 3.62. The zero-order valence-electron chi connectivity index (χ0n) is 17.8. The molecule has 0 bridgehead atoms. The molecule has 0 fully saturated rings. The van der Waals surface area contributed by atoms with Gasteiger partial charge in [0, 0.05) is 16.5 Å². The Morgan fingerprint density at radius 2 is 2.03 bits per heavy atom. The molecule has 3 aromatic heterocycles. The molecule has 168 valence electrons. The number of aryl methyl sites for hydroxylation is 1. The number of esters is 1. The molecule has 1 N–H and O–H groups in total. The van der Waals surface area contributed by atoms with Gasteiger partial charge in [-0.3, -0.25) is 4.79 Å². The fourth-order valence-electron chi connectivity index (χ4n) is 3.77. The predicted octanol–water partition coefficient (Wildman–Crippen LogP) is 5.10. The quantitative estimate of drug-likeness (QED) is 0.379. The van der Waals surface area contributed by atoms with E-state index in [1.54, 1.807) is 25.3 Å². The topological polar surface area (TPSA) is 104 Å². The van der Waals surface area contributed by atoms with E-state index in [4.69, 9.17) is 18.4 Å². The molecule has 0 saturated heterocycles. The van der Waals surface area contributed by atoms with Gasteiger partial charge < -0.3 is 23.7 Å². The lowest BCUT2D eigenvalue weighted by atomic mass is 10.1. The van der Waals surface area contributed by atoms with Crippen molar-refractivity contribution in [2.75, 3.05) is 12.4 Å². The molecule has 4 aromatic rings. The number of thiophene rings is 1. The van der Waals surface area contributed by atoms with Crippen molar-refractivity contribution in [3.8, 4) is 17.0 Å². The summed E-state index contributed by atoms with van der Waals surface area (Å²) in [5.41, 5.74) is 2.83. The number of furan rings is 1. The number of methoxy groups -OCH3 is 1. The molecule has 0 unspecified atom stereocenters. The maximum atomic E-state index is 13.0. The summed E-state index contributed by atoms with van der Waals surface area (Å²) in [7, 11) is 1.61. The van der Waals surface area contributed by atoms with Gasteiger partial charge in [-0.2, -0.15) is 0 Å². The van der Waals surface area contributed by atoms with E-state index in [1.165, 1.54) is 17.6 Å². The molecule has 5 rings (SSSR count). The van der Waals surface area contributed by atoms with Crippen molar-refractivity contribution in [1.82, 2.24) is 5.16 Å². The Bertz CT molecular complexity index is 1290. The van der Waals surface area contributed by atoms with Crippen LogP contribution in [0.4, 0.5) is 5.00 Å². The minimum absolute atomic E-state index is 0.0713. The molecule has 1 aromatic carbocycles. The third-order valence-electron chi connectivity index (χ3n) is 5.39. The van der Waals surface area contributed by atoms with E-state index < -0.39 is 11.9 Å². The van der Waals surface area contributed by atoms with Crippen LogP contribution in [0.2, 0.25) is 0 Å². The SMILES string of the molecule is COc1ccc(-c2cc(COC(=O)c3c(NC(=O)c4ccco4)sc4c3CCC4)on2)cc1. The van der Waals surface area contributed by atoms with Gasteiger partial charge in [-0.25, -0.2) is 4.79 Å². The Morgan fingerprint density at radius 1 is 1.18 bits per heavy atom. The van der Waals surface area contributed by atoms with Gasteiger partial charge in [0.05, 0.1) is 18.9 Å². The van der Waals surface area contributed by atoms with Crippen molar-refractivity contribution in [2.24, 2.45) is 0 Å². The number of hydrogen-bond donors (Lipinski definition) is 1. The normalized spacial score (nSPS) is 12.4. The second-order valence-corrected chi connectivity index (χ2v) is 8.58. The van der Waals surface area contributed by atoms with Crippen LogP contribution < -0.4 is 10.1 Å². The highest BCUT2D eigenvalue weighted by atomic mass is 32.1. The van der Waals surface area contributed by atoms with E-state index in [2.05, 4.69) is 10.5 Å². The highest BCUT2D eigenvalue weighted by Gasteiger charge is 2.29. The molecule has 0 aliphatic heterocycles. The smallest absolute Gasteiger partial charge is 0.341 e. The van der Waals surface area contributed by atoms with Crippen molar-refractivity contribution >= 4 is 28.2 Å². The lowest BCUT2D eigenvalue weighted by Crippen LogP contribution is -2.14. The Balaban J connectivity index is 1.30. The van der Waals surface area contributed by atoms with Gasteiger partial charge in [-0.15, -0.1) is 11.3 Å². The van der Waals surface area contributed by atoms with E-state index in [0.717, 1.165) is 41.0 Å². The first-order valence-electron chi connectivity index (χ1n) is 10.4. The minimum Gasteiger partial charge on any atom is -0.497 e. The highest BCUT2D eigenvalue weighted by Crippen LogP contribution is 2.40. The molecule has 9 heteroatoms. The van der Waals surface area contributed by atoms with E-state index >= 15 is 0 Å². The highest BCUT2D eigenvalue weighted by molar-refractivity contribution is 7.17. The molecule has 3 heterocycles. The molecular weight excluding hydrogens is 444 g/mol. The van der Waals surface area contributed by atoms with Crippen molar-refractivity contribution in [1.29, 1.82) is 0 Å². The van der Waals surface area contributed by atoms with Crippen molar-refractivity contribution in [3.63, 3.8) is 0 Å². The van der Waals surface area contributed by atoms with Crippen molar-refractivity contribution in [2.45, 2.75) is 25.9 Å². The number of aromatic nitrogens is 1. The van der Waals surface area contributed by atoms with E-state index in [1.807, 2.05) is 24.3 Å². The molecule has 0 spiro atoms. The minimum atomic E-state index is -0.508. The standard InChI is InChI=1S/C24H20N2O6S/c1-29-15-9-7-14(8-10-15)18-12-16(32-26-18)13-31-24(28)21-17-4-2-6-20(17)33-23(21)25-22(27)19-5-3-11-30-19/h3,5,7-12H,2,4,6,13H2,1H3,(H,25,27). The zero-order chi connectivity index (χ0) is 22.8. The first-order chi connectivity index (χ1) is 16.1. The second-order valence-electron chi connectivity index (χ2n) is 7.48. The van der Waals surface area contributed by atoms with Gasteiger partial charge >= 0.3 is 5.97 Å². The van der Waals surface area contributed by atoms with Gasteiger partial charge in [0.25, 0.3) is 5.91 Å². The lowest BCUT2D eigenvalue weighted by Gasteiger charge is -2.07. The fourth-order valence-corrected chi connectivity index (χ4v) is 5.04. The van der Waals surface area contributed by atoms with Crippen LogP contribution in [0.5, 0.6) is 5.75 Å². The van der Waals surface area contributed by atoms with Crippen LogP contribution in [-0.4, -0.2) is 24.1 Å². The summed E-state index contributed by atoms with van der Waals surface area (Å²) >= 11 is 1.41. The van der Waals surface area contributed by atoms with Crippen LogP contribution in [-0.2, 0) is 24.2 Å². The van der Waals surface area contributed by atoms with Gasteiger partial charge in [0.15, 0.2) is 18.1 Å². The monoisotopic (exact) mass is 464 g/mol. The second kappa shape index (κ2) is 8.95. The first kappa shape index (κ1) is 21.0. The van der Waals surface area contributed by atoms with Crippen molar-refractivity contribution in [3.05, 3.63) is 76.3 Å². The Labute approximate surface area is 193 Å². The molecule has 1 aliphatic carbocycles. The van der Waals surface area contributed by atoms with Gasteiger partial charge in [0.1, 0.15) is 16.4 Å². The third kappa shape index (κ3) is 4.27. The maximum Gasteiger partial charge on any atom is 0.341 e. The number of carbonyl (C=O) groups excluding carboxylic acids is 2. The number of amides is 1. The molecule has 0 atom stereocenters. The number of fused-ring (bicyclic) bond motifs is 1. The number of rotatable bonds is 7. The Morgan fingerprint density at radius 3 is 2.79 bits per heavy atom. The number of nitrogens with one attached hydrogen (secondary N) is 1. The summed E-state index contributed by atoms with van der Waals surface area (Å²) in [4.78, 5) is 26.6. The third-order valence-corrected chi connectivity index (χ3v) is 6.59. The maximum absolute atomic E-state index is 13.0. The van der Waals surface area contributed by atoms with Crippen LogP contribution in [0.25, 0.3) is 11.3 Å². The van der Waals surface area contributed by atoms with Crippen molar-refractivity contribution < 1.29 is 28.0 Å². The molecule has 0 saturated carbocycles. The number of benzene rings is 1.